The van der Waals surface area contributed by atoms with Gasteiger partial charge in [0.25, 0.3) is 0 Å². The summed E-state index contributed by atoms with van der Waals surface area (Å²) >= 11 is 0. The third kappa shape index (κ3) is 8.59. The van der Waals surface area contributed by atoms with Gasteiger partial charge in [-0.25, -0.2) is 0 Å². The van der Waals surface area contributed by atoms with Crippen molar-refractivity contribution in [2.45, 2.75) is 99.5 Å². The first kappa shape index (κ1) is 23.0. The first-order valence-electron chi connectivity index (χ1n) is 10.7. The highest BCUT2D eigenvalue weighted by molar-refractivity contribution is 5.40. The van der Waals surface area contributed by atoms with Crippen LogP contribution >= 0.6 is 0 Å². The average Bonchev–Trinajstić information content (AvgIpc) is 2.49. The summed E-state index contributed by atoms with van der Waals surface area (Å²) in [6.45, 7) is 15.7. The van der Waals surface area contributed by atoms with Gasteiger partial charge < -0.3 is 5.11 Å². The zero-order chi connectivity index (χ0) is 19.7. The molecule has 3 atom stereocenters. The molecule has 0 radical (unpaired) electrons. The van der Waals surface area contributed by atoms with E-state index in [4.69, 9.17) is 0 Å². The van der Waals surface area contributed by atoms with E-state index in [1.807, 2.05) is 0 Å². The molecule has 1 aliphatic carbocycles. The van der Waals surface area contributed by atoms with E-state index in [2.05, 4.69) is 72.5 Å². The maximum Gasteiger partial charge on any atom is 0.0586 e. The molecule has 0 aromatic carbocycles. The largest absolute Gasteiger partial charge is 0.393 e. The minimum absolute atomic E-state index is 0.0112. The Morgan fingerprint density at radius 1 is 1.15 bits per heavy atom. The highest BCUT2D eigenvalue weighted by atomic mass is 16.3. The van der Waals surface area contributed by atoms with Gasteiger partial charge in [0, 0.05) is 16.9 Å². The van der Waals surface area contributed by atoms with Crippen molar-refractivity contribution < 1.29 is 5.11 Å². The summed E-state index contributed by atoms with van der Waals surface area (Å²) in [5.74, 6) is 8.74. The van der Waals surface area contributed by atoms with Crippen molar-refractivity contribution in [2.24, 2.45) is 23.2 Å². The Balaban J connectivity index is 2.47. The number of rotatable bonds is 8. The minimum atomic E-state index is -0.213. The van der Waals surface area contributed by atoms with Crippen LogP contribution in [0, 0.1) is 35.0 Å². The Hall–Kier alpha value is -1.00. The van der Waals surface area contributed by atoms with Crippen molar-refractivity contribution in [3.8, 4) is 11.8 Å². The van der Waals surface area contributed by atoms with E-state index in [0.29, 0.717) is 0 Å². The molecular formula is C25H42O. The molecule has 0 aliphatic heterocycles. The Morgan fingerprint density at radius 2 is 1.81 bits per heavy atom. The molecule has 0 spiro atoms. The van der Waals surface area contributed by atoms with E-state index in [1.54, 1.807) is 0 Å². The molecule has 0 aromatic heterocycles. The van der Waals surface area contributed by atoms with Gasteiger partial charge in [-0.2, -0.15) is 0 Å². The number of aliphatic hydroxyl groups excluding tert-OH is 1. The molecule has 1 N–H and O–H groups in total. The predicted molar refractivity (Wildman–Crippen MR) is 115 cm³/mol. The van der Waals surface area contributed by atoms with Crippen molar-refractivity contribution in [3.63, 3.8) is 0 Å². The fraction of sp³-hybridized carbons (Fsp3) is 0.760. The van der Waals surface area contributed by atoms with Crippen molar-refractivity contribution in [1.82, 2.24) is 0 Å². The molecule has 0 fully saturated rings. The van der Waals surface area contributed by atoms with Crippen molar-refractivity contribution in [2.75, 3.05) is 0 Å². The van der Waals surface area contributed by atoms with Gasteiger partial charge in [-0.3, -0.25) is 0 Å². The molecule has 0 aromatic rings. The molecule has 1 nitrogen and oxygen atoms in total. The molecule has 0 heterocycles. The van der Waals surface area contributed by atoms with Crippen LogP contribution in [0.25, 0.3) is 0 Å². The van der Waals surface area contributed by atoms with Gasteiger partial charge in [0.2, 0.25) is 0 Å². The van der Waals surface area contributed by atoms with E-state index in [9.17, 15) is 5.11 Å². The van der Waals surface area contributed by atoms with E-state index in [0.717, 1.165) is 31.1 Å². The molecule has 2 unspecified atom stereocenters. The summed E-state index contributed by atoms with van der Waals surface area (Å²) in [5.41, 5.74) is 2.48. The van der Waals surface area contributed by atoms with E-state index < -0.39 is 0 Å². The highest BCUT2D eigenvalue weighted by Gasteiger charge is 2.31. The zero-order valence-corrected chi connectivity index (χ0v) is 18.4. The number of allylic oxidation sites excluding steroid dienone is 3. The van der Waals surface area contributed by atoms with Gasteiger partial charge in [0.1, 0.15) is 0 Å². The van der Waals surface area contributed by atoms with Gasteiger partial charge >= 0.3 is 0 Å². The average molecular weight is 359 g/mol. The lowest BCUT2D eigenvalue weighted by molar-refractivity contribution is 0.117. The van der Waals surface area contributed by atoms with Gasteiger partial charge in [0.05, 0.1) is 6.10 Å². The first-order chi connectivity index (χ1) is 12.1. The molecule has 148 valence electrons. The standard InChI is InChI=1S/C25H42O/c1-19(2)11-8-9-12-20(3)13-10-14-21(4)15-16-24-22(5)17-23(26)18-25(24,6)7/h10,14,19-21,23,26H,8-9,11-13,17-18H2,1-7H3/b14-10-/t20?,21?,23-/m1/s1. The van der Waals surface area contributed by atoms with E-state index >= 15 is 0 Å². The van der Waals surface area contributed by atoms with Gasteiger partial charge in [-0.1, -0.05) is 89.9 Å². The first-order valence-corrected chi connectivity index (χ1v) is 10.7. The fourth-order valence-electron chi connectivity index (χ4n) is 3.98. The van der Waals surface area contributed by atoms with Crippen LogP contribution in [0.4, 0.5) is 0 Å². The third-order valence-electron chi connectivity index (χ3n) is 5.51. The third-order valence-corrected chi connectivity index (χ3v) is 5.51. The topological polar surface area (TPSA) is 20.2 Å². The Morgan fingerprint density at radius 3 is 2.42 bits per heavy atom. The molecule has 0 amide bonds. The highest BCUT2D eigenvalue weighted by Crippen LogP contribution is 2.39. The lowest BCUT2D eigenvalue weighted by atomic mass is 9.72. The summed E-state index contributed by atoms with van der Waals surface area (Å²) in [7, 11) is 0. The van der Waals surface area contributed by atoms with Crippen LogP contribution in [0.1, 0.15) is 93.4 Å². The molecule has 1 rings (SSSR count). The number of hydrogen-bond acceptors (Lipinski definition) is 1. The Bertz CT molecular complexity index is 538. The number of aliphatic hydroxyl groups is 1. The minimum Gasteiger partial charge on any atom is -0.393 e. The zero-order valence-electron chi connectivity index (χ0n) is 18.4. The number of unbranched alkanes of at least 4 members (excludes halogenated alkanes) is 1. The molecule has 0 saturated carbocycles. The second kappa shape index (κ2) is 11.0. The van der Waals surface area contributed by atoms with Gasteiger partial charge in [0.15, 0.2) is 0 Å². The van der Waals surface area contributed by atoms with Crippen LogP contribution in [0.15, 0.2) is 23.3 Å². The second-order valence-corrected chi connectivity index (χ2v) is 9.61. The van der Waals surface area contributed by atoms with Crippen molar-refractivity contribution in [3.05, 3.63) is 23.3 Å². The summed E-state index contributed by atoms with van der Waals surface area (Å²) in [6.07, 6.45) is 12.5. The smallest absolute Gasteiger partial charge is 0.0586 e. The normalized spacial score (nSPS) is 22.4. The summed E-state index contributed by atoms with van der Waals surface area (Å²) < 4.78 is 0. The fourth-order valence-corrected chi connectivity index (χ4v) is 3.98. The van der Waals surface area contributed by atoms with Gasteiger partial charge in [-0.05, 0) is 44.9 Å². The molecular weight excluding hydrogens is 316 g/mol. The SMILES string of the molecule is CC1=C(C#CC(C)/C=C\CC(C)CCCCC(C)C)C(C)(C)C[C@H](O)C1. The maximum atomic E-state index is 9.99. The van der Waals surface area contributed by atoms with Crippen LogP contribution in [0.2, 0.25) is 0 Å². The molecule has 0 saturated heterocycles. The summed E-state index contributed by atoms with van der Waals surface area (Å²) in [6, 6.07) is 0. The molecule has 1 heteroatoms. The van der Waals surface area contributed by atoms with E-state index in [1.165, 1.54) is 36.8 Å². The molecule has 0 bridgehead atoms. The monoisotopic (exact) mass is 358 g/mol. The van der Waals surface area contributed by atoms with Crippen LogP contribution < -0.4 is 0 Å². The quantitative estimate of drug-likeness (QED) is 0.283. The Labute approximate surface area is 163 Å². The predicted octanol–water partition coefficient (Wildman–Crippen LogP) is 6.92. The summed E-state index contributed by atoms with van der Waals surface area (Å²) in [5, 5.41) is 9.99. The molecule has 26 heavy (non-hydrogen) atoms. The van der Waals surface area contributed by atoms with E-state index in [-0.39, 0.29) is 17.4 Å². The van der Waals surface area contributed by atoms with Crippen LogP contribution in [0.5, 0.6) is 0 Å². The summed E-state index contributed by atoms with van der Waals surface area (Å²) in [4.78, 5) is 0. The Kier molecular flexibility index (Phi) is 9.73. The molecule has 1 aliphatic rings. The van der Waals surface area contributed by atoms with Crippen LogP contribution in [-0.2, 0) is 0 Å². The second-order valence-electron chi connectivity index (χ2n) is 9.61. The van der Waals surface area contributed by atoms with Crippen molar-refractivity contribution >= 4 is 0 Å². The number of hydrogen-bond donors (Lipinski definition) is 1. The van der Waals surface area contributed by atoms with Crippen LogP contribution in [0.3, 0.4) is 0 Å². The lowest BCUT2D eigenvalue weighted by Crippen LogP contribution is -2.28. The van der Waals surface area contributed by atoms with Crippen molar-refractivity contribution in [1.29, 1.82) is 0 Å². The maximum absolute atomic E-state index is 9.99. The lowest BCUT2D eigenvalue weighted by Gasteiger charge is -2.34. The van der Waals surface area contributed by atoms with Crippen LogP contribution in [-0.4, -0.2) is 11.2 Å². The van der Waals surface area contributed by atoms with Gasteiger partial charge in [-0.15, -0.1) is 0 Å².